The number of nitrogens with one attached hydrogen (secondary N) is 2. The van der Waals surface area contributed by atoms with Gasteiger partial charge in [-0.25, -0.2) is 5.43 Å². The zero-order chi connectivity index (χ0) is 19.9. The molecule has 2 aromatic carbocycles. The van der Waals surface area contributed by atoms with Crippen LogP contribution in [0.1, 0.15) is 11.3 Å². The quantitative estimate of drug-likeness (QED) is 0.370. The lowest BCUT2D eigenvalue weighted by Crippen LogP contribution is -2.26. The summed E-state index contributed by atoms with van der Waals surface area (Å²) in [5.74, 6) is 0.395. The molecule has 0 aliphatic rings. The molecule has 142 valence electrons. The molecule has 0 aliphatic heterocycles. The highest BCUT2D eigenvalue weighted by Gasteiger charge is 2.16. The van der Waals surface area contributed by atoms with Crippen LogP contribution in [-0.4, -0.2) is 23.6 Å². The first-order chi connectivity index (χ1) is 13.5. The molecule has 8 nitrogen and oxygen atoms in total. The Bertz CT molecular complexity index is 1030. The first-order valence-corrected chi connectivity index (χ1v) is 8.49. The summed E-state index contributed by atoms with van der Waals surface area (Å²) in [7, 11) is 0. The van der Waals surface area contributed by atoms with Gasteiger partial charge in [0, 0.05) is 11.8 Å². The lowest BCUT2D eigenvalue weighted by molar-refractivity contribution is -0.384. The first-order valence-electron chi connectivity index (χ1n) is 8.49. The molecule has 0 fully saturated rings. The third kappa shape index (κ3) is 4.61. The van der Waals surface area contributed by atoms with E-state index in [-0.39, 0.29) is 18.1 Å². The smallest absolute Gasteiger partial charge is 0.280 e. The van der Waals surface area contributed by atoms with Crippen LogP contribution in [0.2, 0.25) is 0 Å². The molecule has 0 saturated heterocycles. The maximum atomic E-state index is 11.9. The molecule has 0 aliphatic carbocycles. The number of carbonyl (C=O) groups excluding carboxylic acids is 1. The number of nitro benzene ring substituents is 1. The number of rotatable bonds is 7. The first kappa shape index (κ1) is 18.8. The highest BCUT2D eigenvalue weighted by atomic mass is 16.6. The number of nitrogens with zero attached hydrogens (tertiary/aromatic N) is 2. The molecule has 0 spiro atoms. The molecule has 1 amide bonds. The third-order valence-corrected chi connectivity index (χ3v) is 3.96. The van der Waals surface area contributed by atoms with Crippen molar-refractivity contribution in [1.82, 2.24) is 5.43 Å². The normalized spacial score (nSPS) is 10.8. The molecule has 8 heteroatoms. The van der Waals surface area contributed by atoms with Gasteiger partial charge in [-0.2, -0.15) is 5.10 Å². The molecule has 0 radical (unpaired) electrons. The number of furan rings is 1. The number of anilines is 1. The number of hydrogen-bond donors (Lipinski definition) is 2. The number of hydrazone groups is 1. The second kappa shape index (κ2) is 8.63. The number of para-hydroxylation sites is 2. The third-order valence-electron chi connectivity index (χ3n) is 3.96. The van der Waals surface area contributed by atoms with Gasteiger partial charge < -0.3 is 9.73 Å². The second-order valence-corrected chi connectivity index (χ2v) is 5.94. The van der Waals surface area contributed by atoms with E-state index in [0.717, 1.165) is 11.3 Å². The van der Waals surface area contributed by atoms with Crippen molar-refractivity contribution in [2.24, 2.45) is 5.10 Å². The monoisotopic (exact) mass is 378 g/mol. The SMILES string of the molecule is Cc1ccccc1NCC(=O)N/N=C/c1ccc(-c2ccccc2[N+](=O)[O-])o1. The van der Waals surface area contributed by atoms with Gasteiger partial charge in [0.05, 0.1) is 23.2 Å². The maximum absolute atomic E-state index is 11.9. The van der Waals surface area contributed by atoms with E-state index in [2.05, 4.69) is 15.8 Å². The van der Waals surface area contributed by atoms with Crippen molar-refractivity contribution < 1.29 is 14.1 Å². The zero-order valence-electron chi connectivity index (χ0n) is 15.1. The average Bonchev–Trinajstić information content (AvgIpc) is 3.16. The Kier molecular flexibility index (Phi) is 5.81. The number of benzene rings is 2. The highest BCUT2D eigenvalue weighted by molar-refractivity contribution is 5.83. The van der Waals surface area contributed by atoms with E-state index in [4.69, 9.17) is 4.42 Å². The van der Waals surface area contributed by atoms with Gasteiger partial charge in [0.25, 0.3) is 11.6 Å². The Labute approximate surface area is 161 Å². The van der Waals surface area contributed by atoms with Crippen molar-refractivity contribution in [3.8, 4) is 11.3 Å². The predicted molar refractivity (Wildman–Crippen MR) is 106 cm³/mol. The molecule has 1 aromatic heterocycles. The number of hydrogen-bond acceptors (Lipinski definition) is 6. The second-order valence-electron chi connectivity index (χ2n) is 5.94. The van der Waals surface area contributed by atoms with Crippen LogP contribution in [0, 0.1) is 17.0 Å². The molecule has 0 unspecified atom stereocenters. The molecule has 0 saturated carbocycles. The molecule has 1 heterocycles. The van der Waals surface area contributed by atoms with Crippen LogP contribution in [0.15, 0.2) is 70.2 Å². The van der Waals surface area contributed by atoms with Crippen molar-refractivity contribution in [3.05, 3.63) is 82.1 Å². The fourth-order valence-corrected chi connectivity index (χ4v) is 2.56. The summed E-state index contributed by atoms with van der Waals surface area (Å²) >= 11 is 0. The van der Waals surface area contributed by atoms with Gasteiger partial charge >= 0.3 is 0 Å². The van der Waals surface area contributed by atoms with Gasteiger partial charge in [0.2, 0.25) is 0 Å². The van der Waals surface area contributed by atoms with Crippen molar-refractivity contribution in [2.45, 2.75) is 6.92 Å². The van der Waals surface area contributed by atoms with Crippen molar-refractivity contribution in [2.75, 3.05) is 11.9 Å². The predicted octanol–water partition coefficient (Wildman–Crippen LogP) is 3.73. The van der Waals surface area contributed by atoms with E-state index >= 15 is 0 Å². The molecular formula is C20H18N4O4. The summed E-state index contributed by atoms with van der Waals surface area (Å²) < 4.78 is 5.57. The van der Waals surface area contributed by atoms with Gasteiger partial charge in [-0.15, -0.1) is 0 Å². The van der Waals surface area contributed by atoms with Crippen molar-refractivity contribution >= 4 is 23.5 Å². The van der Waals surface area contributed by atoms with Gasteiger partial charge in [0.1, 0.15) is 11.5 Å². The van der Waals surface area contributed by atoms with Crippen molar-refractivity contribution in [1.29, 1.82) is 0 Å². The van der Waals surface area contributed by atoms with E-state index < -0.39 is 4.92 Å². The van der Waals surface area contributed by atoms with E-state index in [9.17, 15) is 14.9 Å². The topological polar surface area (TPSA) is 110 Å². The van der Waals surface area contributed by atoms with Crippen molar-refractivity contribution in [3.63, 3.8) is 0 Å². The molecule has 2 N–H and O–H groups in total. The van der Waals surface area contributed by atoms with Crippen LogP contribution in [0.4, 0.5) is 11.4 Å². The lowest BCUT2D eigenvalue weighted by atomic mass is 10.1. The number of carbonyl (C=O) groups is 1. The molecule has 28 heavy (non-hydrogen) atoms. The fraction of sp³-hybridized carbons (Fsp3) is 0.100. The summed E-state index contributed by atoms with van der Waals surface area (Å²) in [5.41, 5.74) is 4.64. The number of aryl methyl sites for hydroxylation is 1. The Hall–Kier alpha value is -3.94. The zero-order valence-corrected chi connectivity index (χ0v) is 15.1. The summed E-state index contributed by atoms with van der Waals surface area (Å²) in [4.78, 5) is 22.5. The largest absolute Gasteiger partial charge is 0.455 e. The lowest BCUT2D eigenvalue weighted by Gasteiger charge is -2.07. The van der Waals surface area contributed by atoms with E-state index in [0.29, 0.717) is 17.1 Å². The summed E-state index contributed by atoms with van der Waals surface area (Å²) in [5, 5.41) is 18.0. The van der Waals surface area contributed by atoms with Gasteiger partial charge in [-0.05, 0) is 36.8 Å². The fourth-order valence-electron chi connectivity index (χ4n) is 2.56. The van der Waals surface area contributed by atoms with E-state index in [1.807, 2.05) is 31.2 Å². The van der Waals surface area contributed by atoms with E-state index in [1.54, 1.807) is 30.3 Å². The Morgan fingerprint density at radius 2 is 1.89 bits per heavy atom. The Balaban J connectivity index is 1.58. The minimum absolute atomic E-state index is 0.0454. The minimum atomic E-state index is -0.465. The summed E-state index contributed by atoms with van der Waals surface area (Å²) in [6.07, 6.45) is 1.34. The summed E-state index contributed by atoms with van der Waals surface area (Å²) in [6.45, 7) is 2.02. The van der Waals surface area contributed by atoms with Crippen LogP contribution < -0.4 is 10.7 Å². The van der Waals surface area contributed by atoms with Crippen LogP contribution in [0.25, 0.3) is 11.3 Å². The van der Waals surface area contributed by atoms with Crippen LogP contribution in [0.3, 0.4) is 0 Å². The number of amides is 1. The highest BCUT2D eigenvalue weighted by Crippen LogP contribution is 2.30. The van der Waals surface area contributed by atoms with Gasteiger partial charge in [0.15, 0.2) is 0 Å². The minimum Gasteiger partial charge on any atom is -0.455 e. The van der Waals surface area contributed by atoms with Crippen LogP contribution in [-0.2, 0) is 4.79 Å². The number of nitro groups is 1. The molecular weight excluding hydrogens is 360 g/mol. The molecule has 0 atom stereocenters. The molecule has 0 bridgehead atoms. The van der Waals surface area contributed by atoms with E-state index in [1.165, 1.54) is 12.3 Å². The Morgan fingerprint density at radius 3 is 2.68 bits per heavy atom. The summed E-state index contributed by atoms with van der Waals surface area (Å²) in [6, 6.07) is 17.2. The van der Waals surface area contributed by atoms with Gasteiger partial charge in [-0.1, -0.05) is 30.3 Å². The average molecular weight is 378 g/mol. The Morgan fingerprint density at radius 1 is 1.14 bits per heavy atom. The molecule has 3 rings (SSSR count). The molecule has 3 aromatic rings. The maximum Gasteiger partial charge on any atom is 0.280 e. The standard InChI is InChI=1S/C20H18N4O4/c1-14-6-2-4-8-17(14)21-13-20(25)23-22-12-15-10-11-19(28-15)16-7-3-5-9-18(16)24(26)27/h2-12,21H,13H2,1H3,(H,23,25)/b22-12+. The van der Waals surface area contributed by atoms with Crippen LogP contribution >= 0.6 is 0 Å². The van der Waals surface area contributed by atoms with Gasteiger partial charge in [-0.3, -0.25) is 14.9 Å². The van der Waals surface area contributed by atoms with Crippen LogP contribution in [0.5, 0.6) is 0 Å².